The Bertz CT molecular complexity index is 1700. The zero-order valence-corrected chi connectivity index (χ0v) is 32.9. The number of rotatable bonds is 8. The second-order valence-electron chi connectivity index (χ2n) is 14.0. The third-order valence-corrected chi connectivity index (χ3v) is 10.0. The van der Waals surface area contributed by atoms with Crippen molar-refractivity contribution in [2.45, 2.75) is 32.2 Å². The minimum Gasteiger partial charge on any atom is -0.449 e. The van der Waals surface area contributed by atoms with Crippen LogP contribution < -0.4 is 25.3 Å². The van der Waals surface area contributed by atoms with Gasteiger partial charge in [0.2, 0.25) is 0 Å². The number of benzene rings is 3. The maximum absolute atomic E-state index is 14.5. The summed E-state index contributed by atoms with van der Waals surface area (Å²) in [5, 5.41) is 0. The number of anilines is 4. The molecule has 0 spiro atoms. The number of carbonyl (C=O) groups excluding carboxylic acids is 3. The van der Waals surface area contributed by atoms with E-state index in [1.54, 1.807) is 9.80 Å². The molecule has 57 heavy (non-hydrogen) atoms. The first kappa shape index (κ1) is 43.3. The van der Waals surface area contributed by atoms with E-state index in [2.05, 4.69) is 14.5 Å². The molecule has 4 heterocycles. The smallest absolute Gasteiger partial charge is 0.414 e. The molecule has 18 heteroatoms. The minimum absolute atomic E-state index is 0.0125. The predicted octanol–water partition coefficient (Wildman–Crippen LogP) is 6.01. The van der Waals surface area contributed by atoms with E-state index in [0.717, 1.165) is 31.7 Å². The number of carbonyl (C=O) groups is 3. The molecule has 0 bridgehead atoms. The SMILES string of the molecule is CC[C@H]1CN(c2cc(F)c(N3CCN(C)CC3)c(F)c2)C(=O)O1.CN1CCN(c2c(F)cc(N3C[C@H](CN)OC3=O)cc2F)CC1.O=C(Cl)OCc1ccccc1. The topological polar surface area (TPSA) is 124 Å². The van der Waals surface area contributed by atoms with Crippen molar-refractivity contribution < 1.29 is 46.2 Å². The van der Waals surface area contributed by atoms with Crippen molar-refractivity contribution in [1.82, 2.24) is 9.80 Å². The molecule has 310 valence electrons. The Balaban J connectivity index is 0.000000174. The summed E-state index contributed by atoms with van der Waals surface area (Å²) in [6.07, 6.45) is -1.20. The summed E-state index contributed by atoms with van der Waals surface area (Å²) >= 11 is 4.97. The molecule has 0 saturated carbocycles. The van der Waals surface area contributed by atoms with Crippen molar-refractivity contribution in [2.24, 2.45) is 5.73 Å². The maximum Gasteiger partial charge on any atom is 0.414 e. The van der Waals surface area contributed by atoms with Crippen molar-refractivity contribution in [3.05, 3.63) is 83.4 Å². The van der Waals surface area contributed by atoms with Gasteiger partial charge in [-0.25, -0.2) is 31.9 Å². The lowest BCUT2D eigenvalue weighted by molar-refractivity contribution is 0.139. The van der Waals surface area contributed by atoms with E-state index in [1.807, 2.05) is 51.4 Å². The molecule has 4 fully saturated rings. The molecule has 0 aliphatic carbocycles. The number of cyclic esters (lactones) is 2. The largest absolute Gasteiger partial charge is 0.449 e. The van der Waals surface area contributed by atoms with E-state index in [4.69, 9.17) is 26.8 Å². The molecule has 0 aromatic heterocycles. The highest BCUT2D eigenvalue weighted by atomic mass is 35.5. The molecule has 3 aromatic rings. The second kappa shape index (κ2) is 20.0. The third-order valence-electron chi connectivity index (χ3n) is 9.93. The first-order valence-electron chi connectivity index (χ1n) is 18.7. The van der Waals surface area contributed by atoms with Gasteiger partial charge in [0.25, 0.3) is 0 Å². The van der Waals surface area contributed by atoms with Gasteiger partial charge < -0.3 is 39.5 Å². The fraction of sp³-hybridized carbons (Fsp3) is 0.462. The quantitative estimate of drug-likeness (QED) is 0.163. The van der Waals surface area contributed by atoms with Crippen LogP contribution in [-0.2, 0) is 20.8 Å². The highest BCUT2D eigenvalue weighted by molar-refractivity contribution is 6.61. The molecule has 3 aromatic carbocycles. The van der Waals surface area contributed by atoms with Crippen molar-refractivity contribution in [1.29, 1.82) is 0 Å². The number of likely N-dealkylation sites (N-methyl/N-ethyl adjacent to an activating group) is 2. The van der Waals surface area contributed by atoms with Crippen molar-refractivity contribution in [2.75, 3.05) is 106 Å². The van der Waals surface area contributed by atoms with E-state index < -0.39 is 47.0 Å². The number of piperazine rings is 2. The molecule has 4 aliphatic heterocycles. The van der Waals surface area contributed by atoms with Crippen LogP contribution in [0.2, 0.25) is 0 Å². The molecular formula is C39H48ClF4N7O6. The van der Waals surface area contributed by atoms with Crippen LogP contribution >= 0.6 is 11.6 Å². The van der Waals surface area contributed by atoms with Gasteiger partial charge in [0.1, 0.15) is 30.2 Å². The van der Waals surface area contributed by atoms with E-state index in [0.29, 0.717) is 39.1 Å². The maximum atomic E-state index is 14.5. The summed E-state index contributed by atoms with van der Waals surface area (Å²) in [5.41, 5.74) is 5.94. The van der Waals surface area contributed by atoms with Gasteiger partial charge in [0.15, 0.2) is 23.3 Å². The number of halogens is 5. The van der Waals surface area contributed by atoms with Gasteiger partial charge in [-0.3, -0.25) is 9.80 Å². The zero-order chi connectivity index (χ0) is 41.2. The molecule has 0 radical (unpaired) electrons. The lowest BCUT2D eigenvalue weighted by Crippen LogP contribution is -2.45. The highest BCUT2D eigenvalue weighted by Gasteiger charge is 2.34. The molecule has 7 rings (SSSR count). The van der Waals surface area contributed by atoms with E-state index >= 15 is 0 Å². The van der Waals surface area contributed by atoms with Crippen LogP contribution in [0.4, 0.5) is 54.7 Å². The number of hydrogen-bond donors (Lipinski definition) is 1. The molecule has 0 unspecified atom stereocenters. The standard InChI is InChI=1S/C16H21F2N3O2.C15H20F2N4O2.C8H7ClO2/c1-3-12-10-21(16(22)23-12)11-8-13(17)15(14(18)9-11)20-6-4-19(2)5-7-20;1-19-2-4-20(5-3-19)14-12(16)6-10(7-13(14)17)21-9-11(8-18)23-15(21)22;9-8(10)11-6-7-4-2-1-3-5-7/h8-9,12H,3-7,10H2,1-2H3;6-7,11H,2-5,8-9,18H2,1H3;1-5H,6H2/t12-;11-;/m00./s1. The number of hydrogen-bond acceptors (Lipinski definition) is 11. The van der Waals surface area contributed by atoms with Gasteiger partial charge in [0, 0.05) is 94.8 Å². The number of nitrogens with two attached hydrogens (primary N) is 1. The van der Waals surface area contributed by atoms with Crippen LogP contribution in [0.1, 0.15) is 18.9 Å². The predicted molar refractivity (Wildman–Crippen MR) is 209 cm³/mol. The Labute approximate surface area is 334 Å². The van der Waals surface area contributed by atoms with Gasteiger partial charge in [-0.05, 0) is 26.1 Å². The lowest BCUT2D eigenvalue weighted by atomic mass is 10.2. The molecule has 4 saturated heterocycles. The van der Waals surface area contributed by atoms with Crippen molar-refractivity contribution in [3.63, 3.8) is 0 Å². The van der Waals surface area contributed by atoms with Crippen LogP contribution in [0.15, 0.2) is 54.6 Å². The average Bonchev–Trinajstić information content (AvgIpc) is 3.77. The molecule has 2 N–H and O–H groups in total. The normalized spacial score (nSPS) is 20.0. The van der Waals surface area contributed by atoms with Crippen LogP contribution in [0.25, 0.3) is 0 Å². The van der Waals surface area contributed by atoms with Crippen LogP contribution in [0.5, 0.6) is 0 Å². The molecule has 2 amide bonds. The van der Waals surface area contributed by atoms with Gasteiger partial charge in [-0.1, -0.05) is 37.3 Å². The Morgan fingerprint density at radius 1 is 0.719 bits per heavy atom. The van der Waals surface area contributed by atoms with Gasteiger partial charge in [0.05, 0.1) is 24.5 Å². The summed E-state index contributed by atoms with van der Waals surface area (Å²) in [7, 11) is 3.95. The summed E-state index contributed by atoms with van der Waals surface area (Å²) in [6, 6.07) is 14.2. The number of nitrogens with zero attached hydrogens (tertiary/aromatic N) is 6. The lowest BCUT2D eigenvalue weighted by Gasteiger charge is -2.34. The van der Waals surface area contributed by atoms with Crippen LogP contribution in [-0.4, -0.2) is 126 Å². The molecule has 2 atom stereocenters. The van der Waals surface area contributed by atoms with Crippen molar-refractivity contribution >= 4 is 52.0 Å². The fourth-order valence-corrected chi connectivity index (χ4v) is 6.65. The molecular weight excluding hydrogens is 774 g/mol. The van der Waals surface area contributed by atoms with Gasteiger partial charge in [-0.2, -0.15) is 0 Å². The van der Waals surface area contributed by atoms with Gasteiger partial charge in [-0.15, -0.1) is 0 Å². The Morgan fingerprint density at radius 2 is 1.12 bits per heavy atom. The van der Waals surface area contributed by atoms with E-state index in [-0.39, 0.29) is 48.5 Å². The summed E-state index contributed by atoms with van der Waals surface area (Å²) in [5.74, 6) is -2.63. The zero-order valence-electron chi connectivity index (χ0n) is 32.1. The van der Waals surface area contributed by atoms with Gasteiger partial charge >= 0.3 is 17.6 Å². The third kappa shape index (κ3) is 11.4. The number of ether oxygens (including phenoxy) is 3. The summed E-state index contributed by atoms with van der Waals surface area (Å²) in [6.45, 7) is 8.12. The Kier molecular flexibility index (Phi) is 15.2. The highest BCUT2D eigenvalue weighted by Crippen LogP contribution is 2.33. The van der Waals surface area contributed by atoms with E-state index in [9.17, 15) is 31.9 Å². The van der Waals surface area contributed by atoms with Crippen LogP contribution in [0.3, 0.4) is 0 Å². The Morgan fingerprint density at radius 3 is 1.47 bits per heavy atom. The van der Waals surface area contributed by atoms with E-state index in [1.165, 1.54) is 34.1 Å². The first-order valence-corrected chi connectivity index (χ1v) is 19.0. The van der Waals surface area contributed by atoms with Crippen LogP contribution in [0, 0.1) is 23.3 Å². The average molecular weight is 822 g/mol. The van der Waals surface area contributed by atoms with Crippen molar-refractivity contribution in [3.8, 4) is 0 Å². The second-order valence-corrected chi connectivity index (χ2v) is 14.3. The fourth-order valence-electron chi connectivity index (χ4n) is 6.59. The monoisotopic (exact) mass is 821 g/mol. The summed E-state index contributed by atoms with van der Waals surface area (Å²) < 4.78 is 72.6. The molecule has 4 aliphatic rings. The minimum atomic E-state index is -0.770. The molecule has 13 nitrogen and oxygen atoms in total. The first-order chi connectivity index (χ1) is 27.3. The summed E-state index contributed by atoms with van der Waals surface area (Å²) in [4.78, 5) is 43.9. The Hall–Kier alpha value is -4.84. The number of amides is 2.